The lowest BCUT2D eigenvalue weighted by atomic mass is 10.00. The van der Waals surface area contributed by atoms with Gasteiger partial charge in [0.1, 0.15) is 0 Å². The van der Waals surface area contributed by atoms with Crippen LogP contribution in [0.2, 0.25) is 0 Å². The molecule has 150 valence electrons. The molecule has 2 aromatic rings. The molecule has 2 aliphatic rings. The topological polar surface area (TPSA) is 58.1 Å². The van der Waals surface area contributed by atoms with Crippen LogP contribution in [0.4, 0.5) is 0 Å². The largest absolute Gasteiger partial charge is 0.454 e. The minimum atomic E-state index is 0. The van der Waals surface area contributed by atoms with E-state index in [9.17, 15) is 0 Å². The zero-order chi connectivity index (χ0) is 18.5. The van der Waals surface area contributed by atoms with Crippen molar-refractivity contribution >= 4 is 29.9 Å². The van der Waals surface area contributed by atoms with E-state index in [1.807, 2.05) is 18.2 Å². The fourth-order valence-electron chi connectivity index (χ4n) is 3.53. The molecule has 0 atom stereocenters. The SMILES string of the molecule is CN=C(NCCN1CCc2ccccc2C1)NCc1ccc2c(c1)OCO2.I. The molecule has 2 aliphatic heterocycles. The second kappa shape index (κ2) is 9.97. The Labute approximate surface area is 183 Å². The van der Waals surface area contributed by atoms with Crippen molar-refractivity contribution in [3.8, 4) is 11.5 Å². The summed E-state index contributed by atoms with van der Waals surface area (Å²) in [6.07, 6.45) is 1.13. The van der Waals surface area contributed by atoms with Crippen LogP contribution in [0, 0.1) is 0 Å². The lowest BCUT2D eigenvalue weighted by Crippen LogP contribution is -2.42. The Morgan fingerprint density at radius 3 is 2.75 bits per heavy atom. The molecule has 0 aromatic heterocycles. The number of hydrogen-bond acceptors (Lipinski definition) is 4. The summed E-state index contributed by atoms with van der Waals surface area (Å²) in [6, 6.07) is 14.7. The minimum Gasteiger partial charge on any atom is -0.454 e. The molecule has 0 saturated carbocycles. The van der Waals surface area contributed by atoms with Gasteiger partial charge in [0.05, 0.1) is 0 Å². The smallest absolute Gasteiger partial charge is 0.231 e. The van der Waals surface area contributed by atoms with Gasteiger partial charge in [0.2, 0.25) is 6.79 Å². The van der Waals surface area contributed by atoms with E-state index < -0.39 is 0 Å². The number of aliphatic imine (C=N–C) groups is 1. The zero-order valence-electron chi connectivity index (χ0n) is 16.1. The Morgan fingerprint density at radius 1 is 1.07 bits per heavy atom. The quantitative estimate of drug-likeness (QED) is 0.381. The molecule has 4 rings (SSSR count). The molecular formula is C21H27IN4O2. The van der Waals surface area contributed by atoms with Gasteiger partial charge in [-0.25, -0.2) is 0 Å². The van der Waals surface area contributed by atoms with E-state index in [2.05, 4.69) is 44.8 Å². The van der Waals surface area contributed by atoms with Gasteiger partial charge in [-0.15, -0.1) is 24.0 Å². The van der Waals surface area contributed by atoms with Crippen LogP contribution in [-0.4, -0.2) is 44.3 Å². The predicted molar refractivity (Wildman–Crippen MR) is 122 cm³/mol. The van der Waals surface area contributed by atoms with Crippen molar-refractivity contribution in [2.45, 2.75) is 19.5 Å². The van der Waals surface area contributed by atoms with E-state index in [0.717, 1.165) is 55.6 Å². The predicted octanol–water partition coefficient (Wildman–Crippen LogP) is 2.76. The van der Waals surface area contributed by atoms with Gasteiger partial charge in [-0.2, -0.15) is 0 Å². The molecule has 2 N–H and O–H groups in total. The molecular weight excluding hydrogens is 467 g/mol. The standard InChI is InChI=1S/C21H26N4O2.HI/c1-22-21(24-13-16-6-7-19-20(12-16)27-15-26-19)23-9-11-25-10-8-17-4-2-3-5-18(17)14-25;/h2-7,12H,8-11,13-15H2,1H3,(H2,22,23,24);1H. The highest BCUT2D eigenvalue weighted by atomic mass is 127. The molecule has 0 fully saturated rings. The molecule has 0 aliphatic carbocycles. The number of hydrogen-bond donors (Lipinski definition) is 2. The molecule has 0 bridgehead atoms. The average Bonchev–Trinajstić information content (AvgIpc) is 3.18. The van der Waals surface area contributed by atoms with Crippen LogP contribution in [0.1, 0.15) is 16.7 Å². The van der Waals surface area contributed by atoms with Crippen LogP contribution >= 0.6 is 24.0 Å². The van der Waals surface area contributed by atoms with Gasteiger partial charge in [-0.3, -0.25) is 9.89 Å². The van der Waals surface area contributed by atoms with Crippen molar-refractivity contribution in [3.05, 3.63) is 59.2 Å². The second-order valence-electron chi connectivity index (χ2n) is 6.84. The van der Waals surface area contributed by atoms with E-state index in [1.54, 1.807) is 7.05 Å². The number of nitrogens with zero attached hydrogens (tertiary/aromatic N) is 2. The van der Waals surface area contributed by atoms with E-state index >= 15 is 0 Å². The number of nitrogens with one attached hydrogen (secondary N) is 2. The Hall–Kier alpha value is -2.00. The number of guanidine groups is 1. The van der Waals surface area contributed by atoms with Crippen molar-refractivity contribution in [1.29, 1.82) is 0 Å². The Balaban J connectivity index is 0.00000225. The highest BCUT2D eigenvalue weighted by molar-refractivity contribution is 14.0. The van der Waals surface area contributed by atoms with Crippen molar-refractivity contribution in [1.82, 2.24) is 15.5 Å². The minimum absolute atomic E-state index is 0. The second-order valence-corrected chi connectivity index (χ2v) is 6.84. The van der Waals surface area contributed by atoms with Gasteiger partial charge >= 0.3 is 0 Å². The summed E-state index contributed by atoms with van der Waals surface area (Å²) in [5.41, 5.74) is 4.08. The van der Waals surface area contributed by atoms with E-state index in [1.165, 1.54) is 11.1 Å². The lowest BCUT2D eigenvalue weighted by Gasteiger charge is -2.28. The average molecular weight is 494 g/mol. The Kier molecular flexibility index (Phi) is 7.38. The fourth-order valence-corrected chi connectivity index (χ4v) is 3.53. The van der Waals surface area contributed by atoms with Crippen molar-refractivity contribution < 1.29 is 9.47 Å². The summed E-state index contributed by atoms with van der Waals surface area (Å²) in [5.74, 6) is 2.43. The molecule has 28 heavy (non-hydrogen) atoms. The van der Waals surface area contributed by atoms with Crippen LogP contribution in [0.3, 0.4) is 0 Å². The van der Waals surface area contributed by atoms with Gasteiger partial charge in [0.25, 0.3) is 0 Å². The highest BCUT2D eigenvalue weighted by Crippen LogP contribution is 2.32. The first-order chi connectivity index (χ1) is 13.3. The maximum atomic E-state index is 5.43. The maximum absolute atomic E-state index is 5.43. The van der Waals surface area contributed by atoms with E-state index in [0.29, 0.717) is 13.3 Å². The molecule has 0 unspecified atom stereocenters. The van der Waals surface area contributed by atoms with E-state index in [-0.39, 0.29) is 24.0 Å². The number of fused-ring (bicyclic) bond motifs is 2. The molecule has 7 heteroatoms. The third kappa shape index (κ3) is 5.08. The first kappa shape index (κ1) is 20.7. The van der Waals surface area contributed by atoms with Crippen LogP contribution in [0.25, 0.3) is 0 Å². The first-order valence-corrected chi connectivity index (χ1v) is 9.44. The van der Waals surface area contributed by atoms with Gasteiger partial charge in [-0.1, -0.05) is 30.3 Å². The van der Waals surface area contributed by atoms with Gasteiger partial charge < -0.3 is 20.1 Å². The Bertz CT molecular complexity index is 828. The van der Waals surface area contributed by atoms with Crippen molar-refractivity contribution in [3.63, 3.8) is 0 Å². The first-order valence-electron chi connectivity index (χ1n) is 9.44. The summed E-state index contributed by atoms with van der Waals surface area (Å²) >= 11 is 0. The van der Waals surface area contributed by atoms with Crippen molar-refractivity contribution in [2.24, 2.45) is 4.99 Å². The van der Waals surface area contributed by atoms with Crippen LogP contribution in [-0.2, 0) is 19.5 Å². The van der Waals surface area contributed by atoms with Gasteiger partial charge in [-0.05, 0) is 35.2 Å². The number of halogens is 1. The third-order valence-corrected chi connectivity index (χ3v) is 5.05. The summed E-state index contributed by atoms with van der Waals surface area (Å²) in [6.45, 7) is 4.99. The van der Waals surface area contributed by atoms with Gasteiger partial charge in [0, 0.05) is 39.8 Å². The summed E-state index contributed by atoms with van der Waals surface area (Å²) < 4.78 is 10.8. The van der Waals surface area contributed by atoms with Crippen LogP contribution < -0.4 is 20.1 Å². The molecule has 6 nitrogen and oxygen atoms in total. The molecule has 0 radical (unpaired) electrons. The molecule has 2 heterocycles. The molecule has 0 amide bonds. The Morgan fingerprint density at radius 2 is 1.89 bits per heavy atom. The van der Waals surface area contributed by atoms with Gasteiger partial charge in [0.15, 0.2) is 17.5 Å². The summed E-state index contributed by atoms with van der Waals surface area (Å²) in [7, 11) is 1.80. The normalized spacial score (nSPS) is 15.5. The maximum Gasteiger partial charge on any atom is 0.231 e. The fraction of sp³-hybridized carbons (Fsp3) is 0.381. The number of benzene rings is 2. The van der Waals surface area contributed by atoms with Crippen LogP contribution in [0.5, 0.6) is 11.5 Å². The third-order valence-electron chi connectivity index (χ3n) is 5.05. The summed E-state index contributed by atoms with van der Waals surface area (Å²) in [4.78, 5) is 6.80. The van der Waals surface area contributed by atoms with E-state index in [4.69, 9.17) is 9.47 Å². The highest BCUT2D eigenvalue weighted by Gasteiger charge is 2.15. The molecule has 0 spiro atoms. The number of ether oxygens (including phenoxy) is 2. The van der Waals surface area contributed by atoms with Crippen LogP contribution in [0.15, 0.2) is 47.5 Å². The monoisotopic (exact) mass is 494 g/mol. The zero-order valence-corrected chi connectivity index (χ0v) is 18.4. The lowest BCUT2D eigenvalue weighted by molar-refractivity contribution is 0.174. The number of rotatable bonds is 5. The summed E-state index contributed by atoms with van der Waals surface area (Å²) in [5, 5.41) is 6.76. The van der Waals surface area contributed by atoms with Crippen molar-refractivity contribution in [2.75, 3.05) is 33.5 Å². The molecule has 0 saturated heterocycles. The molecule has 2 aromatic carbocycles.